The number of nitrogens with zero attached hydrogens (tertiary/aromatic N) is 2. The van der Waals surface area contributed by atoms with Gasteiger partial charge in [0.25, 0.3) is 0 Å². The fourth-order valence-corrected chi connectivity index (χ4v) is 1.88. The maximum absolute atomic E-state index is 12.0. The van der Waals surface area contributed by atoms with Crippen LogP contribution in [0, 0.1) is 7.05 Å². The van der Waals surface area contributed by atoms with Crippen molar-refractivity contribution in [1.29, 1.82) is 0 Å². The molecule has 1 heterocycles. The predicted octanol–water partition coefficient (Wildman–Crippen LogP) is 1.16. The molecule has 2 rings (SSSR count). The summed E-state index contributed by atoms with van der Waals surface area (Å²) in [5.74, 6) is 0.222. The van der Waals surface area contributed by atoms with Crippen molar-refractivity contribution in [1.82, 2.24) is 9.80 Å². The molecule has 16 heavy (non-hydrogen) atoms. The second-order valence-electron chi connectivity index (χ2n) is 4.16. The predicted molar refractivity (Wildman–Crippen MR) is 63.7 cm³/mol. The monoisotopic (exact) mass is 217 g/mol. The van der Waals surface area contributed by atoms with Crippen LogP contribution in [0.5, 0.6) is 0 Å². The molecule has 1 aromatic carbocycles. The van der Waals surface area contributed by atoms with Gasteiger partial charge in [0, 0.05) is 13.1 Å². The molecule has 0 aromatic heterocycles. The molecule has 1 aliphatic heterocycles. The number of carbonyl (C=O) groups excluding carboxylic acids is 1. The van der Waals surface area contributed by atoms with Gasteiger partial charge in [-0.05, 0) is 18.7 Å². The normalized spacial score (nSPS) is 17.4. The Kier molecular flexibility index (Phi) is 3.57. The minimum atomic E-state index is 0.222. The first-order valence-electron chi connectivity index (χ1n) is 5.63. The van der Waals surface area contributed by atoms with Gasteiger partial charge < -0.3 is 9.80 Å². The van der Waals surface area contributed by atoms with E-state index in [2.05, 4.69) is 7.05 Å². The lowest BCUT2D eigenvalue weighted by Crippen LogP contribution is -2.46. The first-order chi connectivity index (χ1) is 7.75. The van der Waals surface area contributed by atoms with Gasteiger partial charge in [-0.25, -0.2) is 0 Å². The summed E-state index contributed by atoms with van der Waals surface area (Å²) >= 11 is 0. The van der Waals surface area contributed by atoms with Crippen molar-refractivity contribution in [2.45, 2.75) is 6.42 Å². The molecule has 1 fully saturated rings. The highest BCUT2D eigenvalue weighted by Crippen LogP contribution is 2.06. The fraction of sp³-hybridized carbons (Fsp3) is 0.385. The quantitative estimate of drug-likeness (QED) is 0.694. The van der Waals surface area contributed by atoms with Gasteiger partial charge in [0.05, 0.1) is 6.42 Å². The van der Waals surface area contributed by atoms with Crippen LogP contribution in [-0.2, 0) is 11.2 Å². The minimum absolute atomic E-state index is 0.222. The standard InChI is InChI=1S/C13H17N2O/c1-14-7-9-15(10-8-14)13(16)11-12-5-3-2-4-6-12/h2-6H,1,7-11H2/q-1. The molecule has 0 radical (unpaired) electrons. The van der Waals surface area contributed by atoms with E-state index in [0.717, 1.165) is 31.7 Å². The summed E-state index contributed by atoms with van der Waals surface area (Å²) in [6, 6.07) is 9.90. The lowest BCUT2D eigenvalue weighted by molar-refractivity contribution is -0.131. The molecule has 3 nitrogen and oxygen atoms in total. The summed E-state index contributed by atoms with van der Waals surface area (Å²) < 4.78 is 0. The van der Waals surface area contributed by atoms with Gasteiger partial charge >= 0.3 is 0 Å². The van der Waals surface area contributed by atoms with Gasteiger partial charge in [-0.15, -0.1) is 0 Å². The molecule has 0 bridgehead atoms. The SMILES string of the molecule is [CH2-]N1CCN(C(=O)Cc2ccccc2)CC1. The lowest BCUT2D eigenvalue weighted by Gasteiger charge is -2.37. The molecule has 0 atom stereocenters. The average Bonchev–Trinajstić information content (AvgIpc) is 2.31. The van der Waals surface area contributed by atoms with Crippen LogP contribution in [0.15, 0.2) is 30.3 Å². The highest BCUT2D eigenvalue weighted by molar-refractivity contribution is 5.78. The van der Waals surface area contributed by atoms with Crippen LogP contribution in [-0.4, -0.2) is 41.9 Å². The van der Waals surface area contributed by atoms with Gasteiger partial charge in [-0.2, -0.15) is 0 Å². The largest absolute Gasteiger partial charge is 0.456 e. The Hall–Kier alpha value is -1.35. The number of carbonyl (C=O) groups is 1. The van der Waals surface area contributed by atoms with Crippen LogP contribution in [0.25, 0.3) is 0 Å². The smallest absolute Gasteiger partial charge is 0.227 e. The molecule has 0 saturated carbocycles. The molecule has 1 amide bonds. The Bertz CT molecular complexity index is 342. The average molecular weight is 217 g/mol. The fourth-order valence-electron chi connectivity index (χ4n) is 1.88. The second-order valence-corrected chi connectivity index (χ2v) is 4.16. The number of amides is 1. The number of rotatable bonds is 2. The summed E-state index contributed by atoms with van der Waals surface area (Å²) in [6.07, 6.45) is 0.512. The number of hydrogen-bond acceptors (Lipinski definition) is 2. The molecule has 0 N–H and O–H groups in total. The van der Waals surface area contributed by atoms with E-state index in [1.807, 2.05) is 40.1 Å². The van der Waals surface area contributed by atoms with Crippen LogP contribution in [0.1, 0.15) is 5.56 Å². The first-order valence-corrected chi connectivity index (χ1v) is 5.63. The molecule has 1 saturated heterocycles. The number of benzene rings is 1. The lowest BCUT2D eigenvalue weighted by atomic mass is 10.1. The molecular formula is C13H17N2O-. The summed E-state index contributed by atoms with van der Waals surface area (Å²) in [7, 11) is 3.87. The van der Waals surface area contributed by atoms with Crippen LogP contribution in [0.2, 0.25) is 0 Å². The van der Waals surface area contributed by atoms with Crippen molar-refractivity contribution in [3.63, 3.8) is 0 Å². The van der Waals surface area contributed by atoms with E-state index in [1.54, 1.807) is 0 Å². The third kappa shape index (κ3) is 2.83. The van der Waals surface area contributed by atoms with Crippen LogP contribution in [0.4, 0.5) is 0 Å². The van der Waals surface area contributed by atoms with Gasteiger partial charge in [-0.1, -0.05) is 30.3 Å². The van der Waals surface area contributed by atoms with E-state index in [9.17, 15) is 4.79 Å². The highest BCUT2D eigenvalue weighted by atomic mass is 16.2. The maximum Gasteiger partial charge on any atom is 0.227 e. The molecule has 0 unspecified atom stereocenters. The Balaban J connectivity index is 1.89. The van der Waals surface area contributed by atoms with Gasteiger partial charge in [0.2, 0.25) is 5.91 Å². The van der Waals surface area contributed by atoms with E-state index in [1.165, 1.54) is 0 Å². The highest BCUT2D eigenvalue weighted by Gasteiger charge is 2.16. The second kappa shape index (κ2) is 5.12. The zero-order valence-corrected chi connectivity index (χ0v) is 9.43. The van der Waals surface area contributed by atoms with Crippen LogP contribution < -0.4 is 0 Å². The van der Waals surface area contributed by atoms with Crippen molar-refractivity contribution < 1.29 is 4.79 Å². The summed E-state index contributed by atoms with van der Waals surface area (Å²) in [5.41, 5.74) is 1.09. The molecule has 1 aromatic rings. The van der Waals surface area contributed by atoms with E-state index in [-0.39, 0.29) is 5.91 Å². The van der Waals surface area contributed by atoms with Crippen molar-refractivity contribution >= 4 is 5.91 Å². The van der Waals surface area contributed by atoms with E-state index >= 15 is 0 Å². The van der Waals surface area contributed by atoms with Crippen LogP contribution >= 0.6 is 0 Å². The van der Waals surface area contributed by atoms with Gasteiger partial charge in [0.1, 0.15) is 0 Å². The molecule has 0 spiro atoms. The zero-order chi connectivity index (χ0) is 11.4. The Morgan fingerprint density at radius 2 is 1.75 bits per heavy atom. The first kappa shape index (κ1) is 11.1. The van der Waals surface area contributed by atoms with E-state index in [0.29, 0.717) is 6.42 Å². The molecule has 3 heteroatoms. The van der Waals surface area contributed by atoms with E-state index in [4.69, 9.17) is 0 Å². The summed E-state index contributed by atoms with van der Waals surface area (Å²) in [4.78, 5) is 15.9. The van der Waals surface area contributed by atoms with Crippen molar-refractivity contribution in [2.75, 3.05) is 26.2 Å². The number of piperazine rings is 1. The molecular weight excluding hydrogens is 200 g/mol. The zero-order valence-electron chi connectivity index (χ0n) is 9.43. The molecule has 86 valence electrons. The third-order valence-corrected chi connectivity index (χ3v) is 2.92. The van der Waals surface area contributed by atoms with Crippen molar-refractivity contribution in [2.24, 2.45) is 0 Å². The maximum atomic E-state index is 12.0. The number of hydrogen-bond donors (Lipinski definition) is 0. The molecule has 1 aliphatic rings. The van der Waals surface area contributed by atoms with Crippen molar-refractivity contribution in [3.05, 3.63) is 42.9 Å². The summed E-state index contributed by atoms with van der Waals surface area (Å²) in [5, 5.41) is 0. The van der Waals surface area contributed by atoms with Gasteiger partial charge in [-0.3, -0.25) is 11.8 Å². The summed E-state index contributed by atoms with van der Waals surface area (Å²) in [6.45, 7) is 3.35. The van der Waals surface area contributed by atoms with Crippen LogP contribution in [0.3, 0.4) is 0 Å². The minimum Gasteiger partial charge on any atom is -0.456 e. The van der Waals surface area contributed by atoms with E-state index < -0.39 is 0 Å². The Morgan fingerprint density at radius 1 is 1.12 bits per heavy atom. The molecule has 0 aliphatic carbocycles. The Morgan fingerprint density at radius 3 is 2.38 bits per heavy atom. The Labute approximate surface area is 96.7 Å². The third-order valence-electron chi connectivity index (χ3n) is 2.92. The van der Waals surface area contributed by atoms with Gasteiger partial charge in [0.15, 0.2) is 0 Å². The van der Waals surface area contributed by atoms with Crippen molar-refractivity contribution in [3.8, 4) is 0 Å². The topological polar surface area (TPSA) is 23.6 Å².